The first-order valence-corrected chi connectivity index (χ1v) is 8.26. The summed E-state index contributed by atoms with van der Waals surface area (Å²) in [7, 11) is 1.29. The molecule has 2 heterocycles. The Hall–Kier alpha value is -2.94. The largest absolute Gasteiger partial charge is 0.507 e. The molecule has 0 spiro atoms. The second-order valence-electron chi connectivity index (χ2n) is 5.45. The average molecular weight is 361 g/mol. The van der Waals surface area contributed by atoms with E-state index in [9.17, 15) is 20.0 Å². The highest BCUT2D eigenvalue weighted by Crippen LogP contribution is 2.42. The fourth-order valence-corrected chi connectivity index (χ4v) is 3.50. The maximum atomic E-state index is 12.0. The molecule has 1 aromatic heterocycles. The van der Waals surface area contributed by atoms with Crippen molar-refractivity contribution < 1.29 is 19.6 Å². The number of hydrogen-bond acceptors (Lipinski definition) is 7. The van der Waals surface area contributed by atoms with E-state index in [1.165, 1.54) is 42.5 Å². The number of nitro groups is 1. The van der Waals surface area contributed by atoms with E-state index in [-0.39, 0.29) is 28.7 Å². The van der Waals surface area contributed by atoms with Crippen molar-refractivity contribution in [3.63, 3.8) is 0 Å². The molecule has 130 valence electrons. The van der Waals surface area contributed by atoms with E-state index in [2.05, 4.69) is 5.10 Å². The van der Waals surface area contributed by atoms with Gasteiger partial charge in [-0.15, -0.1) is 11.3 Å². The number of nitro benzene ring substituents is 1. The summed E-state index contributed by atoms with van der Waals surface area (Å²) >= 11 is 1.49. The van der Waals surface area contributed by atoms with E-state index in [1.54, 1.807) is 0 Å². The molecule has 25 heavy (non-hydrogen) atoms. The third-order valence-electron chi connectivity index (χ3n) is 3.92. The van der Waals surface area contributed by atoms with Gasteiger partial charge in [-0.3, -0.25) is 14.9 Å². The van der Waals surface area contributed by atoms with Crippen LogP contribution in [0.4, 0.5) is 5.69 Å². The van der Waals surface area contributed by atoms with Crippen molar-refractivity contribution in [3.8, 4) is 11.5 Å². The van der Waals surface area contributed by atoms with Crippen LogP contribution in [-0.4, -0.2) is 33.8 Å². The summed E-state index contributed by atoms with van der Waals surface area (Å²) in [6.07, 6.45) is 0.358. The molecule has 1 aliphatic rings. The van der Waals surface area contributed by atoms with Gasteiger partial charge < -0.3 is 9.84 Å². The number of ether oxygens (including phenoxy) is 1. The molecule has 1 aliphatic heterocycles. The number of nitrogens with zero attached hydrogens (tertiary/aromatic N) is 3. The summed E-state index contributed by atoms with van der Waals surface area (Å²) in [5.41, 5.74) is 0.689. The van der Waals surface area contributed by atoms with Gasteiger partial charge >= 0.3 is 5.69 Å². The van der Waals surface area contributed by atoms with Crippen molar-refractivity contribution in [2.75, 3.05) is 7.11 Å². The highest BCUT2D eigenvalue weighted by Gasteiger charge is 2.35. The lowest BCUT2D eigenvalue weighted by molar-refractivity contribution is -0.385. The van der Waals surface area contributed by atoms with E-state index in [1.807, 2.05) is 17.5 Å². The molecule has 0 aliphatic carbocycles. The molecule has 1 atom stereocenters. The summed E-state index contributed by atoms with van der Waals surface area (Å²) in [6, 6.07) is 5.58. The zero-order valence-electron chi connectivity index (χ0n) is 13.5. The number of thiophene rings is 1. The molecule has 0 saturated carbocycles. The van der Waals surface area contributed by atoms with Crippen LogP contribution < -0.4 is 4.74 Å². The predicted octanol–water partition coefficient (Wildman–Crippen LogP) is 3.07. The Morgan fingerprint density at radius 1 is 1.52 bits per heavy atom. The molecule has 1 N–H and O–H groups in total. The van der Waals surface area contributed by atoms with Crippen molar-refractivity contribution in [2.45, 2.75) is 19.4 Å². The zero-order valence-corrected chi connectivity index (χ0v) is 14.3. The van der Waals surface area contributed by atoms with Crippen LogP contribution in [0.5, 0.6) is 11.5 Å². The first kappa shape index (κ1) is 16.9. The Balaban J connectivity index is 2.05. The monoisotopic (exact) mass is 361 g/mol. The minimum Gasteiger partial charge on any atom is -0.507 e. The normalized spacial score (nSPS) is 16.6. The number of amides is 1. The Morgan fingerprint density at radius 2 is 2.28 bits per heavy atom. The maximum absolute atomic E-state index is 12.0. The average Bonchev–Trinajstić information content (AvgIpc) is 3.23. The molecule has 0 fully saturated rings. The Morgan fingerprint density at radius 3 is 2.84 bits per heavy atom. The zero-order chi connectivity index (χ0) is 18.1. The summed E-state index contributed by atoms with van der Waals surface area (Å²) in [4.78, 5) is 23.6. The van der Waals surface area contributed by atoms with Crippen LogP contribution in [0, 0.1) is 10.1 Å². The Bertz CT molecular complexity index is 863. The van der Waals surface area contributed by atoms with E-state index < -0.39 is 11.0 Å². The molecular weight excluding hydrogens is 346 g/mol. The number of hydrazone groups is 1. The lowest BCUT2D eigenvalue weighted by atomic mass is 9.99. The summed E-state index contributed by atoms with van der Waals surface area (Å²) in [5.74, 6) is -0.534. The predicted molar refractivity (Wildman–Crippen MR) is 92.0 cm³/mol. The first-order valence-electron chi connectivity index (χ1n) is 7.38. The third kappa shape index (κ3) is 3.05. The topological polar surface area (TPSA) is 105 Å². The van der Waals surface area contributed by atoms with Crippen LogP contribution in [-0.2, 0) is 4.79 Å². The van der Waals surface area contributed by atoms with Gasteiger partial charge in [-0.25, -0.2) is 5.01 Å². The minimum atomic E-state index is -0.612. The van der Waals surface area contributed by atoms with Gasteiger partial charge in [-0.2, -0.15) is 5.10 Å². The SMILES string of the molecule is COc1cc(O)c([C@@H]2CC(c3cccs3)=NN2C(C)=O)cc1[N+](=O)[O-]. The minimum absolute atomic E-state index is 0.0435. The van der Waals surface area contributed by atoms with Gasteiger partial charge in [0.25, 0.3) is 0 Å². The highest BCUT2D eigenvalue weighted by atomic mass is 32.1. The maximum Gasteiger partial charge on any atom is 0.311 e. The van der Waals surface area contributed by atoms with Crippen LogP contribution >= 0.6 is 11.3 Å². The molecule has 0 radical (unpaired) electrons. The smallest absolute Gasteiger partial charge is 0.311 e. The second kappa shape index (κ2) is 6.52. The fraction of sp³-hybridized carbons (Fsp3) is 0.250. The molecule has 0 unspecified atom stereocenters. The fourth-order valence-electron chi connectivity index (χ4n) is 2.78. The van der Waals surface area contributed by atoms with E-state index in [0.717, 1.165) is 4.88 Å². The standard InChI is InChI=1S/C16H15N3O5S/c1-9(20)18-12(7-11(17-18)16-4-3-5-25-16)10-6-13(19(22)23)15(24-2)8-14(10)21/h3-6,8,12,21H,7H2,1-2H3/t12-/m0/s1. The van der Waals surface area contributed by atoms with Gasteiger partial charge in [0.1, 0.15) is 5.75 Å². The number of phenols is 1. The molecule has 1 amide bonds. The second-order valence-corrected chi connectivity index (χ2v) is 6.40. The summed E-state index contributed by atoms with van der Waals surface area (Å²) in [6.45, 7) is 1.36. The molecule has 9 heteroatoms. The molecule has 2 aromatic rings. The number of benzene rings is 1. The van der Waals surface area contributed by atoms with Gasteiger partial charge in [0.2, 0.25) is 11.7 Å². The van der Waals surface area contributed by atoms with Crippen molar-refractivity contribution in [1.29, 1.82) is 0 Å². The van der Waals surface area contributed by atoms with E-state index in [0.29, 0.717) is 12.1 Å². The number of phenolic OH excluding ortho intramolecular Hbond substituents is 1. The van der Waals surface area contributed by atoms with Crippen LogP contribution in [0.2, 0.25) is 0 Å². The van der Waals surface area contributed by atoms with E-state index >= 15 is 0 Å². The Labute approximate surface area is 147 Å². The summed E-state index contributed by atoms with van der Waals surface area (Å²) < 4.78 is 4.95. The molecule has 3 rings (SSSR count). The summed E-state index contributed by atoms with van der Waals surface area (Å²) in [5, 5.41) is 29.1. The van der Waals surface area contributed by atoms with Gasteiger partial charge in [0, 0.05) is 31.0 Å². The van der Waals surface area contributed by atoms with Gasteiger partial charge in [-0.1, -0.05) is 6.07 Å². The number of carbonyl (C=O) groups excluding carboxylic acids is 1. The van der Waals surface area contributed by atoms with Crippen molar-refractivity contribution in [2.24, 2.45) is 5.10 Å². The number of aromatic hydroxyl groups is 1. The third-order valence-corrected chi connectivity index (χ3v) is 4.84. The first-order chi connectivity index (χ1) is 11.9. The number of rotatable bonds is 4. The van der Waals surface area contributed by atoms with Gasteiger partial charge in [0.05, 0.1) is 28.7 Å². The van der Waals surface area contributed by atoms with Crippen LogP contribution in [0.25, 0.3) is 0 Å². The van der Waals surface area contributed by atoms with Crippen LogP contribution in [0.15, 0.2) is 34.7 Å². The lowest BCUT2D eigenvalue weighted by Gasteiger charge is -2.21. The van der Waals surface area contributed by atoms with Crippen LogP contribution in [0.1, 0.15) is 29.8 Å². The van der Waals surface area contributed by atoms with E-state index in [4.69, 9.17) is 4.74 Å². The highest BCUT2D eigenvalue weighted by molar-refractivity contribution is 7.12. The number of hydrogen-bond donors (Lipinski definition) is 1. The van der Waals surface area contributed by atoms with Crippen molar-refractivity contribution in [1.82, 2.24) is 5.01 Å². The van der Waals surface area contributed by atoms with Crippen molar-refractivity contribution in [3.05, 3.63) is 50.2 Å². The molecule has 8 nitrogen and oxygen atoms in total. The number of carbonyl (C=O) groups is 1. The molecular formula is C16H15N3O5S. The molecule has 1 aromatic carbocycles. The van der Waals surface area contributed by atoms with Gasteiger partial charge in [-0.05, 0) is 11.4 Å². The van der Waals surface area contributed by atoms with Gasteiger partial charge in [0.15, 0.2) is 0 Å². The van der Waals surface area contributed by atoms with Crippen molar-refractivity contribution >= 4 is 28.6 Å². The van der Waals surface area contributed by atoms with Crippen LogP contribution in [0.3, 0.4) is 0 Å². The molecule has 0 saturated heterocycles. The molecule has 0 bridgehead atoms. The lowest BCUT2D eigenvalue weighted by Crippen LogP contribution is -2.24. The number of methoxy groups -OCH3 is 1. The Kier molecular flexibility index (Phi) is 4.41. The quantitative estimate of drug-likeness (QED) is 0.665.